The first-order chi connectivity index (χ1) is 5.33. The van der Waals surface area contributed by atoms with Crippen LogP contribution in [0.3, 0.4) is 0 Å². The molecule has 0 saturated carbocycles. The topological polar surface area (TPSA) is 33.3 Å². The second kappa shape index (κ2) is 4.70. The van der Waals surface area contributed by atoms with Gasteiger partial charge in [-0.05, 0) is 13.5 Å². The third-order valence-electron chi connectivity index (χ3n) is 1.85. The zero-order chi connectivity index (χ0) is 8.10. The van der Waals surface area contributed by atoms with Gasteiger partial charge in [0.1, 0.15) is 0 Å². The smallest absolute Gasteiger partial charge is 0.0827 e. The summed E-state index contributed by atoms with van der Waals surface area (Å²) in [6, 6.07) is 0. The minimum Gasteiger partial charge on any atom is -0.371 e. The second-order valence-corrected chi connectivity index (χ2v) is 3.03. The lowest BCUT2D eigenvalue weighted by Crippen LogP contribution is -2.47. The lowest BCUT2D eigenvalue weighted by Gasteiger charge is -2.28. The van der Waals surface area contributed by atoms with Crippen molar-refractivity contribution in [3.8, 4) is 0 Å². The van der Waals surface area contributed by atoms with E-state index in [1.165, 1.54) is 0 Å². The van der Waals surface area contributed by atoms with Gasteiger partial charge in [0.15, 0.2) is 0 Å². The summed E-state index contributed by atoms with van der Waals surface area (Å²) in [5, 5.41) is 6.60. The summed E-state index contributed by atoms with van der Waals surface area (Å²) in [6.45, 7) is 8.17. The van der Waals surface area contributed by atoms with E-state index in [1.54, 1.807) is 0 Å². The Morgan fingerprint density at radius 3 is 3.00 bits per heavy atom. The van der Waals surface area contributed by atoms with Gasteiger partial charge in [-0.25, -0.2) is 0 Å². The van der Waals surface area contributed by atoms with Crippen LogP contribution in [0.5, 0.6) is 0 Å². The molecule has 1 aliphatic heterocycles. The van der Waals surface area contributed by atoms with Gasteiger partial charge < -0.3 is 15.4 Å². The first-order valence-corrected chi connectivity index (χ1v) is 4.39. The predicted molar refractivity (Wildman–Crippen MR) is 45.7 cm³/mol. The third-order valence-corrected chi connectivity index (χ3v) is 1.85. The standard InChI is InChI=1S/C8H18N2O/c1-3-9-5-8-6-10-4-7(2)11-8/h7-10H,3-6H2,1-2H3. The summed E-state index contributed by atoms with van der Waals surface area (Å²) in [4.78, 5) is 0. The summed E-state index contributed by atoms with van der Waals surface area (Å²) in [7, 11) is 0. The van der Waals surface area contributed by atoms with Gasteiger partial charge in [-0.1, -0.05) is 6.92 Å². The Bertz CT molecular complexity index is 108. The first-order valence-electron chi connectivity index (χ1n) is 4.39. The number of hydrogen-bond donors (Lipinski definition) is 2. The van der Waals surface area contributed by atoms with E-state index in [1.807, 2.05) is 0 Å². The summed E-state index contributed by atoms with van der Waals surface area (Å²) in [6.07, 6.45) is 0.728. The zero-order valence-electron chi connectivity index (χ0n) is 7.39. The summed E-state index contributed by atoms with van der Waals surface area (Å²) in [5.41, 5.74) is 0. The van der Waals surface area contributed by atoms with Crippen LogP contribution in [0.25, 0.3) is 0 Å². The molecule has 3 heteroatoms. The van der Waals surface area contributed by atoms with Crippen LogP contribution in [-0.4, -0.2) is 38.4 Å². The van der Waals surface area contributed by atoms with Crippen LogP contribution in [0.15, 0.2) is 0 Å². The van der Waals surface area contributed by atoms with E-state index >= 15 is 0 Å². The summed E-state index contributed by atoms with van der Waals surface area (Å²) < 4.78 is 5.66. The van der Waals surface area contributed by atoms with Gasteiger partial charge in [-0.15, -0.1) is 0 Å². The molecule has 1 aliphatic rings. The van der Waals surface area contributed by atoms with Crippen LogP contribution < -0.4 is 10.6 Å². The van der Waals surface area contributed by atoms with Crippen LogP contribution in [-0.2, 0) is 4.74 Å². The maximum atomic E-state index is 5.66. The third kappa shape index (κ3) is 3.18. The van der Waals surface area contributed by atoms with Crippen molar-refractivity contribution >= 4 is 0 Å². The molecule has 0 aromatic rings. The predicted octanol–water partition coefficient (Wildman–Crippen LogP) is -0.0272. The van der Waals surface area contributed by atoms with Crippen molar-refractivity contribution in [3.63, 3.8) is 0 Å². The largest absolute Gasteiger partial charge is 0.371 e. The van der Waals surface area contributed by atoms with Gasteiger partial charge in [-0.2, -0.15) is 0 Å². The lowest BCUT2D eigenvalue weighted by atomic mass is 10.2. The molecule has 0 aromatic carbocycles. The van der Waals surface area contributed by atoms with Crippen molar-refractivity contribution in [2.24, 2.45) is 0 Å². The van der Waals surface area contributed by atoms with E-state index in [2.05, 4.69) is 24.5 Å². The van der Waals surface area contributed by atoms with Gasteiger partial charge >= 0.3 is 0 Å². The fraction of sp³-hybridized carbons (Fsp3) is 1.00. The number of hydrogen-bond acceptors (Lipinski definition) is 3. The van der Waals surface area contributed by atoms with Crippen LogP contribution in [0.1, 0.15) is 13.8 Å². The van der Waals surface area contributed by atoms with Crippen molar-refractivity contribution in [2.45, 2.75) is 26.1 Å². The Labute approximate surface area is 68.5 Å². The Morgan fingerprint density at radius 1 is 1.55 bits per heavy atom. The average molecular weight is 158 g/mol. The van der Waals surface area contributed by atoms with Crippen molar-refractivity contribution < 1.29 is 4.74 Å². The normalized spacial score (nSPS) is 32.2. The highest BCUT2D eigenvalue weighted by Crippen LogP contribution is 2.01. The Balaban J connectivity index is 2.12. The minimum atomic E-state index is 0.360. The molecule has 1 heterocycles. The number of morpholine rings is 1. The summed E-state index contributed by atoms with van der Waals surface area (Å²) in [5.74, 6) is 0. The minimum absolute atomic E-state index is 0.360. The van der Waals surface area contributed by atoms with E-state index < -0.39 is 0 Å². The van der Waals surface area contributed by atoms with Crippen molar-refractivity contribution in [1.82, 2.24) is 10.6 Å². The molecule has 66 valence electrons. The van der Waals surface area contributed by atoms with E-state index in [0.29, 0.717) is 12.2 Å². The average Bonchev–Trinajstić information content (AvgIpc) is 2.01. The molecule has 1 saturated heterocycles. The van der Waals surface area contributed by atoms with Crippen molar-refractivity contribution in [2.75, 3.05) is 26.2 Å². The maximum absolute atomic E-state index is 5.66. The van der Waals surface area contributed by atoms with E-state index in [-0.39, 0.29) is 0 Å². The molecule has 2 unspecified atom stereocenters. The molecule has 11 heavy (non-hydrogen) atoms. The number of rotatable bonds is 3. The molecule has 0 aliphatic carbocycles. The molecular weight excluding hydrogens is 140 g/mol. The first kappa shape index (κ1) is 8.97. The van der Waals surface area contributed by atoms with Crippen LogP contribution >= 0.6 is 0 Å². The fourth-order valence-electron chi connectivity index (χ4n) is 1.30. The molecule has 2 atom stereocenters. The van der Waals surface area contributed by atoms with Crippen molar-refractivity contribution in [3.05, 3.63) is 0 Å². The number of nitrogens with one attached hydrogen (secondary N) is 2. The monoisotopic (exact) mass is 158 g/mol. The van der Waals surface area contributed by atoms with Gasteiger partial charge in [0.2, 0.25) is 0 Å². The molecule has 1 rings (SSSR count). The van der Waals surface area contributed by atoms with Gasteiger partial charge in [0.25, 0.3) is 0 Å². The molecule has 0 bridgehead atoms. The van der Waals surface area contributed by atoms with Gasteiger partial charge in [0.05, 0.1) is 12.2 Å². The van der Waals surface area contributed by atoms with Crippen LogP contribution in [0.2, 0.25) is 0 Å². The highest BCUT2D eigenvalue weighted by Gasteiger charge is 2.17. The molecule has 3 nitrogen and oxygen atoms in total. The van der Waals surface area contributed by atoms with Gasteiger partial charge in [-0.3, -0.25) is 0 Å². The molecule has 0 spiro atoms. The van der Waals surface area contributed by atoms with E-state index in [0.717, 1.165) is 26.2 Å². The Hall–Kier alpha value is -0.120. The molecule has 0 radical (unpaired) electrons. The van der Waals surface area contributed by atoms with Crippen LogP contribution in [0.4, 0.5) is 0 Å². The highest BCUT2D eigenvalue weighted by molar-refractivity contribution is 4.72. The molecule has 2 N–H and O–H groups in total. The molecular formula is C8H18N2O. The molecule has 0 amide bonds. The second-order valence-electron chi connectivity index (χ2n) is 3.03. The van der Waals surface area contributed by atoms with Crippen LogP contribution in [0, 0.1) is 0 Å². The van der Waals surface area contributed by atoms with Crippen molar-refractivity contribution in [1.29, 1.82) is 0 Å². The molecule has 0 aromatic heterocycles. The van der Waals surface area contributed by atoms with Gasteiger partial charge in [0, 0.05) is 19.6 Å². The molecule has 1 fully saturated rings. The highest BCUT2D eigenvalue weighted by atomic mass is 16.5. The lowest BCUT2D eigenvalue weighted by molar-refractivity contribution is -0.0255. The maximum Gasteiger partial charge on any atom is 0.0827 e. The Kier molecular flexibility index (Phi) is 3.83. The zero-order valence-corrected chi connectivity index (χ0v) is 7.39. The fourth-order valence-corrected chi connectivity index (χ4v) is 1.30. The number of likely N-dealkylation sites (N-methyl/N-ethyl adjacent to an activating group) is 1. The van der Waals surface area contributed by atoms with E-state index in [4.69, 9.17) is 4.74 Å². The van der Waals surface area contributed by atoms with E-state index in [9.17, 15) is 0 Å². The summed E-state index contributed by atoms with van der Waals surface area (Å²) >= 11 is 0. The Morgan fingerprint density at radius 2 is 2.36 bits per heavy atom. The number of ether oxygens (including phenoxy) is 1. The SMILES string of the molecule is CCNCC1CNCC(C)O1. The quantitative estimate of drug-likeness (QED) is 0.605.